The van der Waals surface area contributed by atoms with E-state index in [0.717, 1.165) is 30.9 Å². The van der Waals surface area contributed by atoms with Crippen molar-refractivity contribution in [3.63, 3.8) is 0 Å². The highest BCUT2D eigenvalue weighted by atomic mass is 32.1. The third-order valence-corrected chi connectivity index (χ3v) is 5.02. The number of hydrogen-bond acceptors (Lipinski definition) is 3. The van der Waals surface area contributed by atoms with Crippen molar-refractivity contribution in [1.29, 1.82) is 0 Å². The molecule has 3 heterocycles. The van der Waals surface area contributed by atoms with Crippen molar-refractivity contribution in [3.05, 3.63) is 59.1 Å². The zero-order valence-electron chi connectivity index (χ0n) is 11.6. The Morgan fingerprint density at radius 3 is 2.90 bits per heavy atom. The lowest BCUT2D eigenvalue weighted by Gasteiger charge is -2.24. The Bertz CT molecular complexity index is 772. The van der Waals surface area contributed by atoms with E-state index >= 15 is 0 Å². The lowest BCUT2D eigenvalue weighted by atomic mass is 9.94. The summed E-state index contributed by atoms with van der Waals surface area (Å²) in [5.74, 6) is 0. The molecule has 1 N–H and O–H groups in total. The number of thiocarbonyl (C=S) groups is 1. The minimum absolute atomic E-state index is 0.826. The van der Waals surface area contributed by atoms with Crippen LogP contribution in [-0.2, 0) is 0 Å². The van der Waals surface area contributed by atoms with Crippen LogP contribution in [0.15, 0.2) is 59.1 Å². The number of fused-ring (bicyclic) bond motifs is 5. The molecule has 0 saturated carbocycles. The average molecular weight is 293 g/mol. The zero-order chi connectivity index (χ0) is 14.0. The molecule has 0 unspecified atom stereocenters. The lowest BCUT2D eigenvalue weighted by Crippen LogP contribution is -2.24. The van der Waals surface area contributed by atoms with Gasteiger partial charge in [-0.2, -0.15) is 0 Å². The molecule has 1 aromatic carbocycles. The molecule has 3 aliphatic heterocycles. The summed E-state index contributed by atoms with van der Waals surface area (Å²) in [5, 5.41) is 3.38. The second-order valence-corrected chi connectivity index (χ2v) is 6.29. The van der Waals surface area contributed by atoms with Gasteiger partial charge in [0, 0.05) is 18.2 Å². The van der Waals surface area contributed by atoms with Crippen LogP contribution in [0.5, 0.6) is 0 Å². The number of benzene rings is 1. The first-order valence-corrected chi connectivity index (χ1v) is 7.81. The highest BCUT2D eigenvalue weighted by Crippen LogP contribution is 2.49. The molecule has 0 fully saturated rings. The number of hydrogen-bond donors (Lipinski definition) is 1. The first-order valence-electron chi connectivity index (χ1n) is 7.40. The van der Waals surface area contributed by atoms with E-state index in [2.05, 4.69) is 51.7 Å². The largest absolute Gasteiger partial charge is 0.372 e. The third-order valence-electron chi connectivity index (χ3n) is 4.69. The first kappa shape index (κ1) is 11.6. The second-order valence-electron chi connectivity index (χ2n) is 5.82. The average Bonchev–Trinajstić information content (AvgIpc) is 3.07. The van der Waals surface area contributed by atoms with Crippen LogP contribution >= 0.6 is 12.2 Å². The van der Waals surface area contributed by atoms with E-state index in [1.165, 1.54) is 33.9 Å². The summed E-state index contributed by atoms with van der Waals surface area (Å²) in [6.45, 7) is 0.826. The van der Waals surface area contributed by atoms with Crippen LogP contribution in [0.4, 0.5) is 11.4 Å². The summed E-state index contributed by atoms with van der Waals surface area (Å²) in [6.07, 6.45) is 7.71. The Morgan fingerprint density at radius 2 is 2.00 bits per heavy atom. The van der Waals surface area contributed by atoms with Crippen LogP contribution in [0, 0.1) is 0 Å². The van der Waals surface area contributed by atoms with Gasteiger partial charge in [0.05, 0.1) is 34.4 Å². The van der Waals surface area contributed by atoms with Crippen molar-refractivity contribution in [1.82, 2.24) is 5.32 Å². The van der Waals surface area contributed by atoms with Gasteiger partial charge in [0.25, 0.3) is 0 Å². The number of rotatable bonds is 0. The maximum Gasteiger partial charge on any atom is 0.0923 e. The van der Waals surface area contributed by atoms with Crippen molar-refractivity contribution in [2.75, 3.05) is 16.5 Å². The van der Waals surface area contributed by atoms with Crippen LogP contribution in [0.25, 0.3) is 0 Å². The van der Waals surface area contributed by atoms with Gasteiger partial charge in [0.1, 0.15) is 0 Å². The van der Waals surface area contributed by atoms with E-state index < -0.39 is 0 Å². The standard InChI is InChI=1S/C17H15N3S/c21-16-8-11-4-3-5-12-15-9-18-10-19(15)13-6-1-2-7-14(13)20(16)17(11)12/h1-2,5-7,9,18H,3-4,8,10H2. The molecule has 21 heavy (non-hydrogen) atoms. The Morgan fingerprint density at radius 1 is 1.14 bits per heavy atom. The van der Waals surface area contributed by atoms with Crippen molar-refractivity contribution in [2.45, 2.75) is 19.3 Å². The van der Waals surface area contributed by atoms with Gasteiger partial charge in [-0.1, -0.05) is 30.4 Å². The highest BCUT2D eigenvalue weighted by Gasteiger charge is 2.39. The fourth-order valence-electron chi connectivity index (χ4n) is 3.83. The third kappa shape index (κ3) is 1.40. The van der Waals surface area contributed by atoms with Gasteiger partial charge in [-0.25, -0.2) is 0 Å². The first-order chi connectivity index (χ1) is 10.3. The topological polar surface area (TPSA) is 18.5 Å². The van der Waals surface area contributed by atoms with Gasteiger partial charge in [0.2, 0.25) is 0 Å². The molecular weight excluding hydrogens is 278 g/mol. The number of allylic oxidation sites excluding steroid dienone is 1. The van der Waals surface area contributed by atoms with E-state index in [-0.39, 0.29) is 0 Å². The molecule has 0 bridgehead atoms. The molecule has 0 amide bonds. The van der Waals surface area contributed by atoms with Gasteiger partial charge >= 0.3 is 0 Å². The molecule has 1 aromatic rings. The Kier molecular flexibility index (Phi) is 2.19. The number of nitrogens with one attached hydrogen (secondary N) is 1. The molecule has 3 nitrogen and oxygen atoms in total. The molecule has 0 radical (unpaired) electrons. The molecule has 4 heteroatoms. The number of para-hydroxylation sites is 2. The van der Waals surface area contributed by atoms with Gasteiger partial charge in [-0.15, -0.1) is 0 Å². The fraction of sp³-hybridized carbons (Fsp3) is 0.235. The predicted octanol–water partition coefficient (Wildman–Crippen LogP) is 3.42. The van der Waals surface area contributed by atoms with Crippen molar-refractivity contribution in [2.24, 2.45) is 0 Å². The molecule has 4 aliphatic rings. The van der Waals surface area contributed by atoms with Crippen molar-refractivity contribution in [3.8, 4) is 0 Å². The van der Waals surface area contributed by atoms with Gasteiger partial charge in [-0.05, 0) is 30.5 Å². The summed E-state index contributed by atoms with van der Waals surface area (Å²) >= 11 is 5.71. The lowest BCUT2D eigenvalue weighted by molar-refractivity contribution is 0.885. The molecule has 0 atom stereocenters. The summed E-state index contributed by atoms with van der Waals surface area (Å²) in [6, 6.07) is 8.58. The van der Waals surface area contributed by atoms with E-state index in [9.17, 15) is 0 Å². The second kappa shape index (κ2) is 3.98. The van der Waals surface area contributed by atoms with E-state index in [1.807, 2.05) is 0 Å². The summed E-state index contributed by atoms with van der Waals surface area (Å²) in [4.78, 5) is 5.71. The van der Waals surface area contributed by atoms with Gasteiger partial charge in [0.15, 0.2) is 0 Å². The summed E-state index contributed by atoms with van der Waals surface area (Å²) in [7, 11) is 0. The van der Waals surface area contributed by atoms with Crippen LogP contribution < -0.4 is 15.1 Å². The van der Waals surface area contributed by atoms with Crippen LogP contribution in [0.2, 0.25) is 0 Å². The van der Waals surface area contributed by atoms with E-state index in [4.69, 9.17) is 12.2 Å². The normalized spacial score (nSPS) is 22.2. The van der Waals surface area contributed by atoms with Crippen LogP contribution in [-0.4, -0.2) is 11.7 Å². The zero-order valence-corrected chi connectivity index (χ0v) is 12.4. The predicted molar refractivity (Wildman–Crippen MR) is 89.0 cm³/mol. The molecule has 0 saturated heterocycles. The SMILES string of the molecule is S=C1CC2=C3C(=CCC2)C2=CNCN2c2ccccc2N13. The molecule has 5 rings (SSSR count). The molecule has 1 aliphatic carbocycles. The Hall–Kier alpha value is -2.07. The van der Waals surface area contributed by atoms with Gasteiger partial charge in [-0.3, -0.25) is 0 Å². The quantitative estimate of drug-likeness (QED) is 0.738. The Labute approximate surface area is 129 Å². The summed E-state index contributed by atoms with van der Waals surface area (Å²) in [5.41, 5.74) is 7.92. The van der Waals surface area contributed by atoms with E-state index in [0.29, 0.717) is 0 Å². The summed E-state index contributed by atoms with van der Waals surface area (Å²) < 4.78 is 0. The van der Waals surface area contributed by atoms with Crippen LogP contribution in [0.3, 0.4) is 0 Å². The van der Waals surface area contributed by atoms with Crippen LogP contribution in [0.1, 0.15) is 19.3 Å². The van der Waals surface area contributed by atoms with E-state index in [1.54, 1.807) is 0 Å². The Balaban J connectivity index is 1.86. The number of nitrogens with zero attached hydrogens (tertiary/aromatic N) is 2. The van der Waals surface area contributed by atoms with Crippen molar-refractivity contribution < 1.29 is 0 Å². The molecular formula is C17H15N3S. The highest BCUT2D eigenvalue weighted by molar-refractivity contribution is 7.80. The van der Waals surface area contributed by atoms with Crippen molar-refractivity contribution >= 4 is 28.6 Å². The maximum absolute atomic E-state index is 5.71. The molecule has 104 valence electrons. The molecule has 0 spiro atoms. The maximum atomic E-state index is 5.71. The molecule has 0 aromatic heterocycles. The minimum atomic E-state index is 0.826. The minimum Gasteiger partial charge on any atom is -0.372 e. The van der Waals surface area contributed by atoms with Gasteiger partial charge < -0.3 is 15.1 Å². The fourth-order valence-corrected chi connectivity index (χ4v) is 4.19. The monoisotopic (exact) mass is 293 g/mol. The number of anilines is 2. The smallest absolute Gasteiger partial charge is 0.0923 e.